The van der Waals surface area contributed by atoms with E-state index < -0.39 is 0 Å². The first-order chi connectivity index (χ1) is 11.7. The van der Waals surface area contributed by atoms with Crippen LogP contribution < -0.4 is 10.2 Å². The highest BCUT2D eigenvalue weighted by molar-refractivity contribution is 7.13. The Morgan fingerprint density at radius 3 is 2.50 bits per heavy atom. The molecule has 0 saturated carbocycles. The van der Waals surface area contributed by atoms with E-state index in [9.17, 15) is 0 Å². The van der Waals surface area contributed by atoms with E-state index in [1.165, 1.54) is 16.9 Å². The first kappa shape index (κ1) is 16.2. The Labute approximate surface area is 145 Å². The van der Waals surface area contributed by atoms with Crippen LogP contribution in [0.3, 0.4) is 0 Å². The Bertz CT molecular complexity index is 807. The standard InChI is InChI=1S/C19H19N3OS/c1-14-3-5-17(6-4-14)12-23-18-9-7-16(8-10-18)11-20-22-19-21-15(2)13-24-19/h3-11,13H,12H2,1-2H3,(H,21,22). The summed E-state index contributed by atoms with van der Waals surface area (Å²) in [4.78, 5) is 4.29. The molecule has 3 aromatic rings. The van der Waals surface area contributed by atoms with Gasteiger partial charge in [-0.25, -0.2) is 4.98 Å². The van der Waals surface area contributed by atoms with E-state index in [4.69, 9.17) is 4.74 Å². The fraction of sp³-hybridized carbons (Fsp3) is 0.158. The molecule has 4 nitrogen and oxygen atoms in total. The molecule has 0 fully saturated rings. The molecule has 0 radical (unpaired) electrons. The number of aryl methyl sites for hydroxylation is 2. The molecule has 0 aliphatic carbocycles. The number of ether oxygens (including phenoxy) is 1. The molecule has 0 aliphatic rings. The van der Waals surface area contributed by atoms with Crippen LogP contribution in [0.4, 0.5) is 5.13 Å². The molecule has 0 atom stereocenters. The van der Waals surface area contributed by atoms with Crippen LogP contribution in [0.2, 0.25) is 0 Å². The van der Waals surface area contributed by atoms with Crippen molar-refractivity contribution in [3.63, 3.8) is 0 Å². The molecule has 5 heteroatoms. The lowest BCUT2D eigenvalue weighted by Gasteiger charge is -2.06. The van der Waals surface area contributed by atoms with Crippen molar-refractivity contribution >= 4 is 22.7 Å². The summed E-state index contributed by atoms with van der Waals surface area (Å²) >= 11 is 1.54. The van der Waals surface area contributed by atoms with Gasteiger partial charge in [0.25, 0.3) is 0 Å². The number of nitrogens with zero attached hydrogens (tertiary/aromatic N) is 2. The van der Waals surface area contributed by atoms with Crippen LogP contribution in [0, 0.1) is 13.8 Å². The van der Waals surface area contributed by atoms with Crippen molar-refractivity contribution < 1.29 is 4.74 Å². The van der Waals surface area contributed by atoms with Crippen molar-refractivity contribution in [1.29, 1.82) is 0 Å². The number of benzene rings is 2. The van der Waals surface area contributed by atoms with Gasteiger partial charge in [0, 0.05) is 5.38 Å². The topological polar surface area (TPSA) is 46.5 Å². The number of hydrogen-bond donors (Lipinski definition) is 1. The van der Waals surface area contributed by atoms with Crippen molar-refractivity contribution in [2.45, 2.75) is 20.5 Å². The first-order valence-electron chi connectivity index (χ1n) is 7.69. The second-order valence-electron chi connectivity index (χ2n) is 5.51. The molecule has 1 aromatic heterocycles. The third-order valence-electron chi connectivity index (χ3n) is 3.40. The Hall–Kier alpha value is -2.66. The summed E-state index contributed by atoms with van der Waals surface area (Å²) in [7, 11) is 0. The number of rotatable bonds is 6. The monoisotopic (exact) mass is 337 g/mol. The smallest absolute Gasteiger partial charge is 0.203 e. The molecular weight excluding hydrogens is 318 g/mol. The number of nitrogens with one attached hydrogen (secondary N) is 1. The summed E-state index contributed by atoms with van der Waals surface area (Å²) in [5, 5.41) is 6.97. The molecule has 0 saturated heterocycles. The highest BCUT2D eigenvalue weighted by Crippen LogP contribution is 2.15. The van der Waals surface area contributed by atoms with Crippen LogP contribution in [0.5, 0.6) is 5.75 Å². The predicted molar refractivity (Wildman–Crippen MR) is 100 cm³/mol. The van der Waals surface area contributed by atoms with Gasteiger partial charge in [0.1, 0.15) is 12.4 Å². The molecule has 0 amide bonds. The highest BCUT2D eigenvalue weighted by Gasteiger charge is 1.97. The van der Waals surface area contributed by atoms with E-state index in [2.05, 4.69) is 46.7 Å². The number of thiazole rings is 1. The van der Waals surface area contributed by atoms with Crippen LogP contribution in [-0.2, 0) is 6.61 Å². The van der Waals surface area contributed by atoms with Crippen molar-refractivity contribution in [3.05, 3.63) is 76.3 Å². The molecule has 0 spiro atoms. The van der Waals surface area contributed by atoms with Gasteiger partial charge in [0.05, 0.1) is 11.9 Å². The fourth-order valence-electron chi connectivity index (χ4n) is 2.07. The summed E-state index contributed by atoms with van der Waals surface area (Å²) in [6.45, 7) is 4.61. The van der Waals surface area contributed by atoms with Crippen LogP contribution in [0.1, 0.15) is 22.4 Å². The molecular formula is C19H19N3OS. The molecule has 0 unspecified atom stereocenters. The third kappa shape index (κ3) is 4.67. The molecule has 0 bridgehead atoms. The lowest BCUT2D eigenvalue weighted by atomic mass is 10.2. The van der Waals surface area contributed by atoms with Crippen LogP contribution in [-0.4, -0.2) is 11.2 Å². The van der Waals surface area contributed by atoms with Gasteiger partial charge in [-0.3, -0.25) is 5.43 Å². The van der Waals surface area contributed by atoms with Gasteiger partial charge in [0.15, 0.2) is 0 Å². The predicted octanol–water partition coefficient (Wildman–Crippen LogP) is 4.78. The second-order valence-corrected chi connectivity index (χ2v) is 6.37. The van der Waals surface area contributed by atoms with Crippen LogP contribution >= 0.6 is 11.3 Å². The summed E-state index contributed by atoms with van der Waals surface area (Å²) in [5.74, 6) is 0.844. The molecule has 3 rings (SSSR count). The average Bonchev–Trinajstić information content (AvgIpc) is 3.01. The maximum atomic E-state index is 5.80. The SMILES string of the molecule is Cc1ccc(COc2ccc(C=NNc3nc(C)cs3)cc2)cc1. The van der Waals surface area contributed by atoms with Gasteiger partial charge in [0.2, 0.25) is 5.13 Å². The van der Waals surface area contributed by atoms with Crippen molar-refractivity contribution in [2.75, 3.05) is 5.43 Å². The molecule has 0 aliphatic heterocycles. The minimum atomic E-state index is 0.568. The van der Waals surface area contributed by atoms with Gasteiger partial charge in [-0.2, -0.15) is 5.10 Å². The molecule has 1 heterocycles. The Balaban J connectivity index is 1.52. The third-order valence-corrected chi connectivity index (χ3v) is 4.26. The van der Waals surface area contributed by atoms with Gasteiger partial charge in [-0.05, 0) is 49.2 Å². The van der Waals surface area contributed by atoms with Crippen molar-refractivity contribution in [1.82, 2.24) is 4.98 Å². The van der Waals surface area contributed by atoms with Crippen LogP contribution in [0.15, 0.2) is 59.0 Å². The molecule has 1 N–H and O–H groups in total. The molecule has 122 valence electrons. The minimum Gasteiger partial charge on any atom is -0.489 e. The summed E-state index contributed by atoms with van der Waals surface area (Å²) in [6.07, 6.45) is 1.76. The maximum absolute atomic E-state index is 5.80. The summed E-state index contributed by atoms with van der Waals surface area (Å²) in [6, 6.07) is 16.2. The summed E-state index contributed by atoms with van der Waals surface area (Å²) < 4.78 is 5.80. The number of hydrogen-bond acceptors (Lipinski definition) is 5. The quantitative estimate of drug-likeness (QED) is 0.520. The maximum Gasteiger partial charge on any atom is 0.203 e. The zero-order valence-electron chi connectivity index (χ0n) is 13.7. The van der Waals surface area contributed by atoms with Gasteiger partial charge < -0.3 is 4.74 Å². The van der Waals surface area contributed by atoms with E-state index in [0.29, 0.717) is 6.61 Å². The summed E-state index contributed by atoms with van der Waals surface area (Å²) in [5.41, 5.74) is 7.33. The Morgan fingerprint density at radius 2 is 1.83 bits per heavy atom. The second kappa shape index (κ2) is 7.75. The van der Waals surface area contributed by atoms with E-state index in [0.717, 1.165) is 27.7 Å². The van der Waals surface area contributed by atoms with Crippen molar-refractivity contribution in [3.8, 4) is 5.75 Å². The lowest BCUT2D eigenvalue weighted by molar-refractivity contribution is 0.306. The van der Waals surface area contributed by atoms with Gasteiger partial charge >= 0.3 is 0 Å². The van der Waals surface area contributed by atoms with Gasteiger partial charge in [-0.15, -0.1) is 11.3 Å². The van der Waals surface area contributed by atoms with Gasteiger partial charge in [-0.1, -0.05) is 29.8 Å². The van der Waals surface area contributed by atoms with Crippen molar-refractivity contribution in [2.24, 2.45) is 5.10 Å². The van der Waals surface area contributed by atoms with E-state index in [1.54, 1.807) is 6.21 Å². The molecule has 24 heavy (non-hydrogen) atoms. The zero-order chi connectivity index (χ0) is 16.8. The highest BCUT2D eigenvalue weighted by atomic mass is 32.1. The number of aromatic nitrogens is 1. The minimum absolute atomic E-state index is 0.568. The van der Waals surface area contributed by atoms with E-state index in [1.807, 2.05) is 36.6 Å². The molecule has 2 aromatic carbocycles. The largest absolute Gasteiger partial charge is 0.489 e. The normalized spacial score (nSPS) is 10.9. The van der Waals surface area contributed by atoms with Crippen LogP contribution in [0.25, 0.3) is 0 Å². The zero-order valence-corrected chi connectivity index (χ0v) is 14.5. The number of anilines is 1. The van der Waals surface area contributed by atoms with E-state index in [-0.39, 0.29) is 0 Å². The lowest BCUT2D eigenvalue weighted by Crippen LogP contribution is -1.95. The first-order valence-corrected chi connectivity index (χ1v) is 8.56. The average molecular weight is 337 g/mol. The Kier molecular flexibility index (Phi) is 5.23. The fourth-order valence-corrected chi connectivity index (χ4v) is 2.71. The number of hydrazone groups is 1. The van der Waals surface area contributed by atoms with E-state index >= 15 is 0 Å². The Morgan fingerprint density at radius 1 is 1.08 bits per heavy atom.